The number of nitrogens with one attached hydrogen (secondary N) is 1. The number of rotatable bonds is 8. The molecule has 0 bridgehead atoms. The summed E-state index contributed by atoms with van der Waals surface area (Å²) in [7, 11) is 3.35. The topological polar surface area (TPSA) is 50.8 Å². The first kappa shape index (κ1) is 15.9. The Labute approximate surface area is 119 Å². The number of hydrogen-bond donors (Lipinski definition) is 1. The van der Waals surface area contributed by atoms with Crippen LogP contribution in [0.15, 0.2) is 24.3 Å². The van der Waals surface area contributed by atoms with E-state index in [9.17, 15) is 4.79 Å². The van der Waals surface area contributed by atoms with Crippen LogP contribution < -0.4 is 14.8 Å². The highest BCUT2D eigenvalue weighted by molar-refractivity contribution is 5.77. The Morgan fingerprint density at radius 2 is 2.00 bits per heavy atom. The molecule has 0 saturated heterocycles. The van der Waals surface area contributed by atoms with Gasteiger partial charge in [0.1, 0.15) is 18.1 Å². The van der Waals surface area contributed by atoms with E-state index in [1.54, 1.807) is 19.1 Å². The number of terminal acetylenes is 1. The van der Waals surface area contributed by atoms with Crippen molar-refractivity contribution in [3.05, 3.63) is 24.3 Å². The lowest BCUT2D eigenvalue weighted by Crippen LogP contribution is -2.37. The molecule has 108 valence electrons. The van der Waals surface area contributed by atoms with Crippen LogP contribution in [-0.4, -0.2) is 51.2 Å². The highest BCUT2D eigenvalue weighted by Gasteiger charge is 2.07. The van der Waals surface area contributed by atoms with Gasteiger partial charge in [-0.3, -0.25) is 10.1 Å². The van der Waals surface area contributed by atoms with Crippen LogP contribution in [0.25, 0.3) is 0 Å². The van der Waals surface area contributed by atoms with E-state index >= 15 is 0 Å². The third-order valence-electron chi connectivity index (χ3n) is 2.68. The molecule has 0 spiro atoms. The lowest BCUT2D eigenvalue weighted by atomic mass is 10.3. The predicted molar refractivity (Wildman–Crippen MR) is 77.8 cm³/mol. The van der Waals surface area contributed by atoms with Crippen molar-refractivity contribution in [3.8, 4) is 23.8 Å². The summed E-state index contributed by atoms with van der Waals surface area (Å²) in [5.41, 5.74) is 0. The lowest BCUT2D eigenvalue weighted by Gasteiger charge is -2.17. The summed E-state index contributed by atoms with van der Waals surface area (Å²) >= 11 is 0. The molecule has 20 heavy (non-hydrogen) atoms. The molecule has 1 aromatic rings. The highest BCUT2D eigenvalue weighted by atomic mass is 16.5. The molecule has 1 amide bonds. The maximum absolute atomic E-state index is 11.7. The molecule has 5 nitrogen and oxygen atoms in total. The third-order valence-corrected chi connectivity index (χ3v) is 2.68. The van der Waals surface area contributed by atoms with E-state index in [0.717, 1.165) is 11.5 Å². The SMILES string of the molecule is C#CCNCC(=O)N(C)CCOc1ccc(OC)cc1. The van der Waals surface area contributed by atoms with Gasteiger partial charge in [-0.25, -0.2) is 0 Å². The molecule has 0 unspecified atom stereocenters. The number of amides is 1. The van der Waals surface area contributed by atoms with Crippen molar-refractivity contribution in [3.63, 3.8) is 0 Å². The molecule has 1 N–H and O–H groups in total. The van der Waals surface area contributed by atoms with Gasteiger partial charge in [0, 0.05) is 7.05 Å². The van der Waals surface area contributed by atoms with Crippen molar-refractivity contribution in [2.75, 3.05) is 40.4 Å². The summed E-state index contributed by atoms with van der Waals surface area (Å²) in [5.74, 6) is 3.93. The number of nitrogens with zero attached hydrogens (tertiary/aromatic N) is 1. The zero-order chi connectivity index (χ0) is 14.8. The average molecular weight is 276 g/mol. The Hall–Kier alpha value is -2.19. The van der Waals surface area contributed by atoms with E-state index in [2.05, 4.69) is 11.2 Å². The third kappa shape index (κ3) is 5.63. The minimum absolute atomic E-state index is 0.0152. The van der Waals surface area contributed by atoms with Crippen LogP contribution in [0.1, 0.15) is 0 Å². The predicted octanol–water partition coefficient (Wildman–Crippen LogP) is 0.755. The standard InChI is InChI=1S/C15H20N2O3/c1-4-9-16-12-15(18)17(2)10-11-20-14-7-5-13(19-3)6-8-14/h1,5-8,16H,9-12H2,2-3H3. The van der Waals surface area contributed by atoms with Crippen molar-refractivity contribution >= 4 is 5.91 Å². The Morgan fingerprint density at radius 1 is 1.35 bits per heavy atom. The summed E-state index contributed by atoms with van der Waals surface area (Å²) in [5, 5.41) is 2.85. The van der Waals surface area contributed by atoms with Gasteiger partial charge in [-0.2, -0.15) is 0 Å². The van der Waals surface area contributed by atoms with Gasteiger partial charge in [0.15, 0.2) is 0 Å². The van der Waals surface area contributed by atoms with E-state index in [1.165, 1.54) is 0 Å². The fraction of sp³-hybridized carbons (Fsp3) is 0.400. The first-order valence-electron chi connectivity index (χ1n) is 6.32. The van der Waals surface area contributed by atoms with Crippen LogP contribution in [0, 0.1) is 12.3 Å². The number of carbonyl (C=O) groups excluding carboxylic acids is 1. The summed E-state index contributed by atoms with van der Waals surface area (Å²) in [4.78, 5) is 13.3. The maximum Gasteiger partial charge on any atom is 0.236 e. The van der Waals surface area contributed by atoms with Crippen LogP contribution in [0.3, 0.4) is 0 Å². The van der Waals surface area contributed by atoms with Crippen LogP contribution in [-0.2, 0) is 4.79 Å². The number of hydrogen-bond acceptors (Lipinski definition) is 4. The normalized spacial score (nSPS) is 9.65. The van der Waals surface area contributed by atoms with E-state index < -0.39 is 0 Å². The molecular formula is C15H20N2O3. The molecule has 1 aromatic carbocycles. The fourth-order valence-corrected chi connectivity index (χ4v) is 1.47. The molecule has 0 aliphatic carbocycles. The summed E-state index contributed by atoms with van der Waals surface area (Å²) in [6.07, 6.45) is 5.09. The van der Waals surface area contributed by atoms with Crippen molar-refractivity contribution in [1.82, 2.24) is 10.2 Å². The van der Waals surface area contributed by atoms with Gasteiger partial charge < -0.3 is 14.4 Å². The molecule has 0 aliphatic heterocycles. The smallest absolute Gasteiger partial charge is 0.236 e. The zero-order valence-electron chi connectivity index (χ0n) is 11.9. The molecule has 0 fully saturated rings. The van der Waals surface area contributed by atoms with Gasteiger partial charge in [-0.15, -0.1) is 6.42 Å². The monoisotopic (exact) mass is 276 g/mol. The second-order valence-electron chi connectivity index (χ2n) is 4.15. The van der Waals surface area contributed by atoms with Gasteiger partial charge in [0.05, 0.1) is 26.7 Å². The minimum Gasteiger partial charge on any atom is -0.497 e. The maximum atomic E-state index is 11.7. The largest absolute Gasteiger partial charge is 0.497 e. The Kier molecular flexibility index (Phi) is 7.01. The number of carbonyl (C=O) groups is 1. The Bertz CT molecular complexity index is 451. The number of methoxy groups -OCH3 is 1. The minimum atomic E-state index is -0.0152. The van der Waals surface area contributed by atoms with E-state index in [-0.39, 0.29) is 12.5 Å². The van der Waals surface area contributed by atoms with Crippen LogP contribution in [0.4, 0.5) is 0 Å². The van der Waals surface area contributed by atoms with Gasteiger partial charge in [0.2, 0.25) is 5.91 Å². The molecule has 5 heteroatoms. The number of benzene rings is 1. The van der Waals surface area contributed by atoms with Crippen LogP contribution >= 0.6 is 0 Å². The quantitative estimate of drug-likeness (QED) is 0.562. The van der Waals surface area contributed by atoms with Crippen molar-refractivity contribution < 1.29 is 14.3 Å². The molecule has 0 aliphatic rings. The second kappa shape index (κ2) is 8.83. The van der Waals surface area contributed by atoms with Gasteiger partial charge in [-0.1, -0.05) is 5.92 Å². The molecular weight excluding hydrogens is 256 g/mol. The summed E-state index contributed by atoms with van der Waals surface area (Å²) < 4.78 is 10.6. The molecule has 0 heterocycles. The molecule has 0 aromatic heterocycles. The van der Waals surface area contributed by atoms with E-state index in [4.69, 9.17) is 15.9 Å². The van der Waals surface area contributed by atoms with Gasteiger partial charge in [0.25, 0.3) is 0 Å². The average Bonchev–Trinajstić information content (AvgIpc) is 2.48. The highest BCUT2D eigenvalue weighted by Crippen LogP contribution is 2.16. The zero-order valence-corrected chi connectivity index (χ0v) is 11.9. The van der Waals surface area contributed by atoms with Gasteiger partial charge in [-0.05, 0) is 24.3 Å². The van der Waals surface area contributed by atoms with Crippen molar-refractivity contribution in [2.24, 2.45) is 0 Å². The van der Waals surface area contributed by atoms with E-state index in [0.29, 0.717) is 19.7 Å². The van der Waals surface area contributed by atoms with Crippen molar-refractivity contribution in [2.45, 2.75) is 0 Å². The van der Waals surface area contributed by atoms with Crippen LogP contribution in [0.5, 0.6) is 11.5 Å². The first-order chi connectivity index (χ1) is 9.67. The number of ether oxygens (including phenoxy) is 2. The molecule has 0 radical (unpaired) electrons. The molecule has 0 saturated carbocycles. The first-order valence-corrected chi connectivity index (χ1v) is 6.32. The molecule has 1 rings (SSSR count). The Morgan fingerprint density at radius 3 is 2.60 bits per heavy atom. The summed E-state index contributed by atoms with van der Waals surface area (Å²) in [6.45, 7) is 1.58. The van der Waals surface area contributed by atoms with Crippen molar-refractivity contribution in [1.29, 1.82) is 0 Å². The Balaban J connectivity index is 2.25. The number of likely N-dealkylation sites (N-methyl/N-ethyl adjacent to an activating group) is 1. The fourth-order valence-electron chi connectivity index (χ4n) is 1.47. The van der Waals surface area contributed by atoms with Crippen LogP contribution in [0.2, 0.25) is 0 Å². The second-order valence-corrected chi connectivity index (χ2v) is 4.15. The lowest BCUT2D eigenvalue weighted by molar-refractivity contribution is -0.129. The van der Waals surface area contributed by atoms with Gasteiger partial charge >= 0.3 is 0 Å². The summed E-state index contributed by atoms with van der Waals surface area (Å²) in [6, 6.07) is 7.31. The van der Waals surface area contributed by atoms with E-state index in [1.807, 2.05) is 24.3 Å². The molecule has 0 atom stereocenters.